The second-order valence-electron chi connectivity index (χ2n) is 9.45. The summed E-state index contributed by atoms with van der Waals surface area (Å²) in [6.07, 6.45) is 10.2. The summed E-state index contributed by atoms with van der Waals surface area (Å²) in [5.41, 5.74) is 7.76. The number of amides is 1. The zero-order valence-electron chi connectivity index (χ0n) is 21.2. The highest BCUT2D eigenvalue weighted by Crippen LogP contribution is 2.37. The van der Waals surface area contributed by atoms with E-state index < -0.39 is 0 Å². The molecule has 1 unspecified atom stereocenters. The molecule has 0 aliphatic heterocycles. The van der Waals surface area contributed by atoms with Crippen molar-refractivity contribution in [2.24, 2.45) is 0 Å². The number of nitrogens with zero attached hydrogens (tertiary/aromatic N) is 1. The molecule has 0 radical (unpaired) electrons. The molecule has 5 rings (SSSR count). The van der Waals surface area contributed by atoms with E-state index in [1.165, 1.54) is 35.3 Å². The van der Waals surface area contributed by atoms with Gasteiger partial charge in [-0.05, 0) is 65.3 Å². The van der Waals surface area contributed by atoms with Crippen LogP contribution in [0.1, 0.15) is 50.8 Å². The van der Waals surface area contributed by atoms with Crippen molar-refractivity contribution < 1.29 is 14.3 Å². The van der Waals surface area contributed by atoms with Crippen molar-refractivity contribution >= 4 is 28.9 Å². The van der Waals surface area contributed by atoms with Gasteiger partial charge in [-0.15, -0.1) is 0 Å². The second kappa shape index (κ2) is 10.9. The van der Waals surface area contributed by atoms with E-state index in [9.17, 15) is 9.59 Å². The lowest BCUT2D eigenvalue weighted by Gasteiger charge is -2.29. The number of esters is 1. The Bertz CT molecular complexity index is 1450. The number of carbonyl (C=O) groups is 2. The fourth-order valence-corrected chi connectivity index (χ4v) is 5.31. The number of hydrogen-bond acceptors (Lipinski definition) is 4. The third kappa shape index (κ3) is 5.37. The molecular weight excluding hydrogens is 464 g/mol. The molecule has 0 bridgehead atoms. The van der Waals surface area contributed by atoms with Crippen molar-refractivity contribution in [3.8, 4) is 0 Å². The van der Waals surface area contributed by atoms with E-state index in [1.807, 2.05) is 12.3 Å². The number of carbonyl (C=O) groups excluding carboxylic acids is 2. The fraction of sp³-hybridized carbons (Fsp3) is 0.267. The Morgan fingerprint density at radius 2 is 2.00 bits per heavy atom. The summed E-state index contributed by atoms with van der Waals surface area (Å²) < 4.78 is 4.72. The molecule has 1 aliphatic carbocycles. The normalized spacial score (nSPS) is 14.9. The topological polar surface area (TPSA) is 90.2 Å². The Labute approximate surface area is 216 Å². The molecule has 7 heteroatoms. The highest BCUT2D eigenvalue weighted by molar-refractivity contribution is 5.92. The predicted molar refractivity (Wildman–Crippen MR) is 145 cm³/mol. The molecule has 0 spiro atoms. The molecular formula is C30H32N4O3. The quantitative estimate of drug-likeness (QED) is 0.230. The molecule has 0 saturated carbocycles. The van der Waals surface area contributed by atoms with Crippen LogP contribution < -0.4 is 5.32 Å². The van der Waals surface area contributed by atoms with Gasteiger partial charge >= 0.3 is 5.97 Å². The summed E-state index contributed by atoms with van der Waals surface area (Å²) in [4.78, 5) is 32.6. The van der Waals surface area contributed by atoms with Crippen LogP contribution in [0.2, 0.25) is 0 Å². The van der Waals surface area contributed by atoms with Crippen LogP contribution in [0.4, 0.5) is 0 Å². The van der Waals surface area contributed by atoms with Crippen LogP contribution in [0.5, 0.6) is 0 Å². The Morgan fingerprint density at radius 1 is 1.14 bits per heavy atom. The smallest absolute Gasteiger partial charge is 0.330 e. The Hall–Kier alpha value is -4.10. The van der Waals surface area contributed by atoms with Crippen molar-refractivity contribution in [3.05, 3.63) is 101 Å². The number of fused-ring (bicyclic) bond motifs is 2. The van der Waals surface area contributed by atoms with Crippen molar-refractivity contribution in [1.29, 1.82) is 0 Å². The van der Waals surface area contributed by atoms with Gasteiger partial charge in [-0.1, -0.05) is 36.4 Å². The molecule has 2 heterocycles. The number of methoxy groups -OCH3 is 1. The molecule has 2 aromatic carbocycles. The lowest BCUT2D eigenvalue weighted by atomic mass is 10.0. The molecule has 1 atom stereocenters. The van der Waals surface area contributed by atoms with Crippen molar-refractivity contribution in [2.75, 3.05) is 20.7 Å². The number of aromatic amines is 2. The van der Waals surface area contributed by atoms with Gasteiger partial charge in [-0.3, -0.25) is 9.69 Å². The van der Waals surface area contributed by atoms with Crippen LogP contribution in [0, 0.1) is 0 Å². The molecule has 0 fully saturated rings. The zero-order chi connectivity index (χ0) is 25.8. The standard InChI is InChI=1S/C30H32N4O3/c1-31-30(36)27-16-21(17-32-27)19-34(14-13-23-18-33-26-6-4-3-5-24(23)26)28-11-9-22-15-20(7-10-25(22)28)8-12-29(35)37-2/h3-8,10,12,15-18,28,32-33H,9,11,13-14,19H2,1-2H3,(H,31,36). The van der Waals surface area contributed by atoms with Crippen molar-refractivity contribution in [3.63, 3.8) is 0 Å². The number of ether oxygens (including phenoxy) is 1. The number of rotatable bonds is 9. The fourth-order valence-electron chi connectivity index (χ4n) is 5.31. The summed E-state index contributed by atoms with van der Waals surface area (Å²) in [5.74, 6) is -0.472. The number of aromatic nitrogens is 2. The van der Waals surface area contributed by atoms with Crippen molar-refractivity contribution in [1.82, 2.24) is 20.2 Å². The number of para-hydroxylation sites is 1. The molecule has 37 heavy (non-hydrogen) atoms. The van der Waals surface area contributed by atoms with E-state index in [-0.39, 0.29) is 17.9 Å². The van der Waals surface area contributed by atoms with Crippen LogP contribution in [0.25, 0.3) is 17.0 Å². The minimum Gasteiger partial charge on any atom is -0.466 e. The summed E-state index contributed by atoms with van der Waals surface area (Å²) >= 11 is 0. The Morgan fingerprint density at radius 3 is 2.84 bits per heavy atom. The highest BCUT2D eigenvalue weighted by Gasteiger charge is 2.28. The molecule has 4 aromatic rings. The molecule has 3 N–H and O–H groups in total. The average Bonchev–Trinajstić information content (AvgIpc) is 3.67. The van der Waals surface area contributed by atoms with Crippen LogP contribution in [0.15, 0.2) is 67.0 Å². The maximum Gasteiger partial charge on any atom is 0.330 e. The van der Waals surface area contributed by atoms with Gasteiger partial charge in [0, 0.05) is 55.6 Å². The molecule has 7 nitrogen and oxygen atoms in total. The van der Waals surface area contributed by atoms with Crippen molar-refractivity contribution in [2.45, 2.75) is 31.8 Å². The van der Waals surface area contributed by atoms with E-state index in [1.54, 1.807) is 13.1 Å². The van der Waals surface area contributed by atoms with Gasteiger partial charge in [-0.25, -0.2) is 4.79 Å². The molecule has 1 aliphatic rings. The number of H-pyrrole nitrogens is 2. The monoisotopic (exact) mass is 496 g/mol. The van der Waals surface area contributed by atoms with Gasteiger partial charge < -0.3 is 20.0 Å². The van der Waals surface area contributed by atoms with Gasteiger partial charge in [0.05, 0.1) is 7.11 Å². The van der Waals surface area contributed by atoms with E-state index >= 15 is 0 Å². The van der Waals surface area contributed by atoms with Crippen LogP contribution in [-0.4, -0.2) is 47.4 Å². The third-order valence-electron chi connectivity index (χ3n) is 7.21. The highest BCUT2D eigenvalue weighted by atomic mass is 16.5. The lowest BCUT2D eigenvalue weighted by molar-refractivity contribution is -0.134. The predicted octanol–water partition coefficient (Wildman–Crippen LogP) is 4.77. The first-order valence-electron chi connectivity index (χ1n) is 12.6. The first-order chi connectivity index (χ1) is 18.1. The van der Waals surface area contributed by atoms with E-state index in [2.05, 4.69) is 68.8 Å². The molecule has 1 amide bonds. The average molecular weight is 497 g/mol. The van der Waals surface area contributed by atoms with Gasteiger partial charge in [0.15, 0.2) is 0 Å². The SMILES string of the molecule is CNC(=O)c1cc(CN(CCc2c[nH]c3ccccc23)C2CCc3cc(C=CC(=O)OC)ccc32)c[nH]1. The van der Waals surface area contributed by atoms with E-state index in [4.69, 9.17) is 4.74 Å². The van der Waals surface area contributed by atoms with E-state index in [0.29, 0.717) is 5.69 Å². The number of hydrogen-bond donors (Lipinski definition) is 3. The minimum absolute atomic E-state index is 0.115. The Kier molecular flexibility index (Phi) is 7.23. The number of nitrogens with one attached hydrogen (secondary N) is 3. The van der Waals surface area contributed by atoms with Crippen LogP contribution in [-0.2, 0) is 28.9 Å². The minimum atomic E-state index is -0.357. The molecule has 2 aromatic heterocycles. The van der Waals surface area contributed by atoms with Gasteiger partial charge in [0.1, 0.15) is 5.69 Å². The van der Waals surface area contributed by atoms with Crippen LogP contribution >= 0.6 is 0 Å². The van der Waals surface area contributed by atoms with Gasteiger partial charge in [0.25, 0.3) is 5.91 Å². The van der Waals surface area contributed by atoms with Crippen LogP contribution in [0.3, 0.4) is 0 Å². The molecule has 190 valence electrons. The summed E-state index contributed by atoms with van der Waals surface area (Å²) in [5, 5.41) is 3.95. The number of aryl methyl sites for hydroxylation is 1. The largest absolute Gasteiger partial charge is 0.466 e. The first kappa shape index (κ1) is 24.6. The lowest BCUT2D eigenvalue weighted by Crippen LogP contribution is -2.29. The van der Waals surface area contributed by atoms with E-state index in [0.717, 1.165) is 49.0 Å². The summed E-state index contributed by atoms with van der Waals surface area (Å²) in [6.45, 7) is 1.63. The summed E-state index contributed by atoms with van der Waals surface area (Å²) in [6, 6.07) is 17.0. The maximum absolute atomic E-state index is 12.1. The maximum atomic E-state index is 12.1. The third-order valence-corrected chi connectivity index (χ3v) is 7.21. The molecule has 0 saturated heterocycles. The number of benzene rings is 2. The van der Waals surface area contributed by atoms with Gasteiger partial charge in [-0.2, -0.15) is 0 Å². The second-order valence-corrected chi connectivity index (χ2v) is 9.45. The Balaban J connectivity index is 1.39. The zero-order valence-corrected chi connectivity index (χ0v) is 21.2. The van der Waals surface area contributed by atoms with Gasteiger partial charge in [0.2, 0.25) is 0 Å². The first-order valence-corrected chi connectivity index (χ1v) is 12.6. The summed E-state index contributed by atoms with van der Waals surface area (Å²) in [7, 11) is 3.02.